The fraction of sp³-hybridized carbons (Fsp3) is 0.417. The Morgan fingerprint density at radius 2 is 1.81 bits per heavy atom. The molecule has 0 fully saturated rings. The zero-order valence-corrected chi connectivity index (χ0v) is 11.6. The van der Waals surface area contributed by atoms with Crippen molar-refractivity contribution >= 4 is 21.9 Å². The predicted octanol–water partition coefficient (Wildman–Crippen LogP) is 3.88. The van der Waals surface area contributed by atoms with E-state index in [9.17, 15) is 9.90 Å². The second-order valence-electron chi connectivity index (χ2n) is 2.50. The Labute approximate surface area is 105 Å². The minimum atomic E-state index is -0.368. The van der Waals surface area contributed by atoms with Crippen LogP contribution in [0, 0.1) is 0 Å². The highest BCUT2D eigenvalue weighted by Gasteiger charge is 2.24. The van der Waals surface area contributed by atoms with Gasteiger partial charge >= 0.3 is 5.97 Å². The topological polar surface area (TPSA) is 46.5 Å². The van der Waals surface area contributed by atoms with Gasteiger partial charge in [0.25, 0.3) is 0 Å². The molecule has 90 valence electrons. The average Bonchev–Trinajstić information content (AvgIpc) is 2.72. The molecule has 3 nitrogen and oxygen atoms in total. The molecule has 0 saturated carbocycles. The molecule has 0 amide bonds. The molecule has 1 aliphatic heterocycles. The molecule has 0 atom stereocenters. The fourth-order valence-corrected chi connectivity index (χ4v) is 1.53. The van der Waals surface area contributed by atoms with Crippen molar-refractivity contribution in [2.24, 2.45) is 0 Å². The largest absolute Gasteiger partial charge is 0.506 e. The van der Waals surface area contributed by atoms with Gasteiger partial charge < -0.3 is 9.84 Å². The van der Waals surface area contributed by atoms with Crippen molar-refractivity contribution in [1.82, 2.24) is 0 Å². The van der Waals surface area contributed by atoms with E-state index in [2.05, 4.69) is 15.9 Å². The summed E-state index contributed by atoms with van der Waals surface area (Å²) in [5.41, 5.74) is 1.02. The van der Waals surface area contributed by atoms with Crippen LogP contribution in [0.25, 0.3) is 0 Å². The van der Waals surface area contributed by atoms with Crippen LogP contribution in [-0.4, -0.2) is 11.1 Å². The summed E-state index contributed by atoms with van der Waals surface area (Å²) in [4.78, 5) is 11.0. The first kappa shape index (κ1) is 15.0. The number of phenolic OH excluding ortho intramolecular Hbond substituents is 1. The van der Waals surface area contributed by atoms with Crippen molar-refractivity contribution in [3.8, 4) is 5.75 Å². The number of benzene rings is 1. The first-order valence-corrected chi connectivity index (χ1v) is 6.17. The number of carbonyl (C=O) groups is 1. The molecule has 1 N–H and O–H groups in total. The van der Waals surface area contributed by atoms with Gasteiger partial charge in [0.1, 0.15) is 12.4 Å². The van der Waals surface area contributed by atoms with E-state index in [4.69, 9.17) is 4.74 Å². The minimum Gasteiger partial charge on any atom is -0.506 e. The van der Waals surface area contributed by atoms with Gasteiger partial charge in [0.05, 0.1) is 10.0 Å². The Balaban J connectivity index is 0.000000509. The SMILES string of the molecule is CC.CC.O=C1OCc2c1ccc(Br)c2O. The van der Waals surface area contributed by atoms with Crippen LogP contribution in [-0.2, 0) is 11.3 Å². The summed E-state index contributed by atoms with van der Waals surface area (Å²) >= 11 is 3.15. The Kier molecular flexibility index (Phi) is 6.81. The molecule has 0 unspecified atom stereocenters. The average molecular weight is 289 g/mol. The number of hydrogen-bond donors (Lipinski definition) is 1. The molecule has 0 aliphatic carbocycles. The summed E-state index contributed by atoms with van der Waals surface area (Å²) in [7, 11) is 0. The molecule has 0 saturated heterocycles. The maximum absolute atomic E-state index is 11.0. The summed E-state index contributed by atoms with van der Waals surface area (Å²) in [6.07, 6.45) is 0. The van der Waals surface area contributed by atoms with Crippen molar-refractivity contribution in [3.63, 3.8) is 0 Å². The number of aromatic hydroxyl groups is 1. The number of ether oxygens (including phenoxy) is 1. The van der Waals surface area contributed by atoms with Gasteiger partial charge in [-0.05, 0) is 28.1 Å². The molecule has 1 aromatic carbocycles. The van der Waals surface area contributed by atoms with E-state index in [1.165, 1.54) is 0 Å². The smallest absolute Gasteiger partial charge is 0.339 e. The first-order chi connectivity index (χ1) is 7.70. The van der Waals surface area contributed by atoms with Crippen molar-refractivity contribution in [2.75, 3.05) is 0 Å². The molecule has 0 aromatic heterocycles. The summed E-state index contributed by atoms with van der Waals surface area (Å²) < 4.78 is 5.32. The van der Waals surface area contributed by atoms with E-state index < -0.39 is 0 Å². The van der Waals surface area contributed by atoms with Crippen LogP contribution in [0.4, 0.5) is 0 Å². The summed E-state index contributed by atoms with van der Waals surface area (Å²) in [5.74, 6) is -0.272. The predicted molar refractivity (Wildman–Crippen MR) is 67.6 cm³/mol. The lowest BCUT2D eigenvalue weighted by molar-refractivity contribution is 0.0534. The highest BCUT2D eigenvalue weighted by atomic mass is 79.9. The monoisotopic (exact) mass is 288 g/mol. The van der Waals surface area contributed by atoms with Crippen LogP contribution in [0.15, 0.2) is 16.6 Å². The van der Waals surface area contributed by atoms with Crippen LogP contribution in [0.1, 0.15) is 43.6 Å². The summed E-state index contributed by atoms with van der Waals surface area (Å²) in [5, 5.41) is 9.46. The third kappa shape index (κ3) is 2.98. The van der Waals surface area contributed by atoms with Gasteiger partial charge in [0, 0.05) is 5.56 Å². The van der Waals surface area contributed by atoms with Crippen LogP contribution >= 0.6 is 15.9 Å². The van der Waals surface area contributed by atoms with Crippen LogP contribution in [0.5, 0.6) is 5.75 Å². The zero-order valence-electron chi connectivity index (χ0n) is 10.0. The quantitative estimate of drug-likeness (QED) is 0.737. The highest BCUT2D eigenvalue weighted by Crippen LogP contribution is 2.34. The highest BCUT2D eigenvalue weighted by molar-refractivity contribution is 9.10. The molecule has 4 heteroatoms. The van der Waals surface area contributed by atoms with E-state index in [-0.39, 0.29) is 18.3 Å². The molecule has 0 radical (unpaired) electrons. The fourth-order valence-electron chi connectivity index (χ4n) is 1.16. The van der Waals surface area contributed by atoms with Crippen LogP contribution in [0.3, 0.4) is 0 Å². The third-order valence-electron chi connectivity index (χ3n) is 1.80. The van der Waals surface area contributed by atoms with Gasteiger partial charge in [-0.1, -0.05) is 27.7 Å². The number of cyclic esters (lactones) is 1. The molecule has 0 bridgehead atoms. The Morgan fingerprint density at radius 3 is 2.38 bits per heavy atom. The second-order valence-corrected chi connectivity index (χ2v) is 3.35. The van der Waals surface area contributed by atoms with E-state index in [1.54, 1.807) is 12.1 Å². The van der Waals surface area contributed by atoms with E-state index in [0.29, 0.717) is 15.6 Å². The van der Waals surface area contributed by atoms with Crippen molar-refractivity contribution in [2.45, 2.75) is 34.3 Å². The number of phenols is 1. The minimum absolute atomic E-state index is 0.0957. The first-order valence-electron chi connectivity index (χ1n) is 5.37. The van der Waals surface area contributed by atoms with Crippen LogP contribution in [0.2, 0.25) is 0 Å². The molecule has 2 rings (SSSR count). The zero-order chi connectivity index (χ0) is 12.7. The Bertz CT molecular complexity index is 362. The number of halogens is 1. The van der Waals surface area contributed by atoms with Gasteiger partial charge in [-0.2, -0.15) is 0 Å². The van der Waals surface area contributed by atoms with Crippen molar-refractivity contribution in [1.29, 1.82) is 0 Å². The molecule has 0 spiro atoms. The van der Waals surface area contributed by atoms with Crippen molar-refractivity contribution in [3.05, 3.63) is 27.7 Å². The number of carbonyl (C=O) groups excluding carboxylic acids is 1. The standard InChI is InChI=1S/C8H5BrO3.2C2H6/c9-6-2-1-4-5(7(6)10)3-12-8(4)11;2*1-2/h1-2,10H,3H2;2*1-2H3. The number of esters is 1. The molecule has 1 aliphatic rings. The van der Waals surface area contributed by atoms with Crippen LogP contribution < -0.4 is 0 Å². The number of hydrogen-bond acceptors (Lipinski definition) is 3. The summed E-state index contributed by atoms with van der Waals surface area (Å²) in [6, 6.07) is 3.26. The molecule has 1 heterocycles. The maximum Gasteiger partial charge on any atom is 0.339 e. The van der Waals surface area contributed by atoms with E-state index in [1.807, 2.05) is 27.7 Å². The second kappa shape index (κ2) is 7.28. The Hall–Kier alpha value is -1.03. The summed E-state index contributed by atoms with van der Waals surface area (Å²) in [6.45, 7) is 8.17. The third-order valence-corrected chi connectivity index (χ3v) is 2.44. The molecular weight excluding hydrogens is 272 g/mol. The lowest BCUT2D eigenvalue weighted by atomic mass is 10.1. The van der Waals surface area contributed by atoms with E-state index in [0.717, 1.165) is 0 Å². The van der Waals surface area contributed by atoms with Crippen molar-refractivity contribution < 1.29 is 14.6 Å². The maximum atomic E-state index is 11.0. The molecule has 1 aromatic rings. The lowest BCUT2D eigenvalue weighted by Gasteiger charge is -1.99. The van der Waals surface area contributed by atoms with Gasteiger partial charge in [-0.25, -0.2) is 4.79 Å². The van der Waals surface area contributed by atoms with Gasteiger partial charge in [-0.3, -0.25) is 0 Å². The van der Waals surface area contributed by atoms with Gasteiger partial charge in [0.2, 0.25) is 0 Å². The van der Waals surface area contributed by atoms with Gasteiger partial charge in [-0.15, -0.1) is 0 Å². The van der Waals surface area contributed by atoms with Gasteiger partial charge in [0.15, 0.2) is 0 Å². The normalized spacial score (nSPS) is 11.4. The van der Waals surface area contributed by atoms with E-state index >= 15 is 0 Å². The molecule has 16 heavy (non-hydrogen) atoms. The Morgan fingerprint density at radius 1 is 1.25 bits per heavy atom. The molecular formula is C12H17BrO3. The lowest BCUT2D eigenvalue weighted by Crippen LogP contribution is -1.92. The number of rotatable bonds is 0. The number of fused-ring (bicyclic) bond motifs is 1.